The molecular formula is C22H19F2N5O2. The number of fused-ring (bicyclic) bond motifs is 1. The van der Waals surface area contributed by atoms with Crippen molar-refractivity contribution in [2.45, 2.75) is 12.5 Å². The molecule has 1 aromatic heterocycles. The van der Waals surface area contributed by atoms with Gasteiger partial charge in [-0.25, -0.2) is 18.7 Å². The molecule has 0 aliphatic carbocycles. The fourth-order valence-electron chi connectivity index (χ4n) is 3.43. The lowest BCUT2D eigenvalue weighted by molar-refractivity contribution is -0.111. The smallest absolute Gasteiger partial charge is 0.254 e. The third-order valence-electron chi connectivity index (χ3n) is 5.01. The van der Waals surface area contributed by atoms with Crippen molar-refractivity contribution in [1.29, 1.82) is 0 Å². The van der Waals surface area contributed by atoms with Gasteiger partial charge in [-0.1, -0.05) is 6.58 Å². The van der Waals surface area contributed by atoms with Gasteiger partial charge in [0.05, 0.1) is 11.2 Å². The zero-order valence-corrected chi connectivity index (χ0v) is 16.4. The van der Waals surface area contributed by atoms with Gasteiger partial charge >= 0.3 is 0 Å². The highest BCUT2D eigenvalue weighted by Gasteiger charge is 2.28. The standard InChI is InChI=1S/C22H19F2N5O2/c1-2-20(30)27-19-5-3-13(10-17(19)24)21(31)29-8-7-16(12-29)26-22-25-11-14-9-15(23)4-6-18(14)28-22/h2-6,9-11,16H,1,7-8,12H2,(H,27,30)(H,25,26,28)/t16-/m0/s1. The fraction of sp³-hybridized carbons (Fsp3) is 0.182. The van der Waals surface area contributed by atoms with Crippen LogP contribution >= 0.6 is 0 Å². The number of nitrogens with one attached hydrogen (secondary N) is 2. The summed E-state index contributed by atoms with van der Waals surface area (Å²) in [6.07, 6.45) is 3.25. The van der Waals surface area contributed by atoms with E-state index >= 15 is 0 Å². The zero-order chi connectivity index (χ0) is 22.0. The normalized spacial score (nSPS) is 15.7. The first kappa shape index (κ1) is 20.4. The number of hydrogen-bond acceptors (Lipinski definition) is 5. The second-order valence-corrected chi connectivity index (χ2v) is 7.17. The van der Waals surface area contributed by atoms with E-state index in [4.69, 9.17) is 0 Å². The fourth-order valence-corrected chi connectivity index (χ4v) is 3.43. The molecule has 1 saturated heterocycles. The monoisotopic (exact) mass is 423 g/mol. The van der Waals surface area contributed by atoms with Gasteiger partial charge in [0.1, 0.15) is 11.6 Å². The molecule has 9 heteroatoms. The first-order chi connectivity index (χ1) is 14.9. The summed E-state index contributed by atoms with van der Waals surface area (Å²) in [6, 6.07) is 8.13. The average Bonchev–Trinajstić information content (AvgIpc) is 3.23. The van der Waals surface area contributed by atoms with Crippen molar-refractivity contribution >= 4 is 34.4 Å². The van der Waals surface area contributed by atoms with Gasteiger partial charge in [0.2, 0.25) is 11.9 Å². The van der Waals surface area contributed by atoms with Crippen molar-refractivity contribution < 1.29 is 18.4 Å². The van der Waals surface area contributed by atoms with Gasteiger partial charge in [-0.2, -0.15) is 0 Å². The number of likely N-dealkylation sites (tertiary alicyclic amines) is 1. The molecule has 2 heterocycles. The van der Waals surface area contributed by atoms with E-state index in [9.17, 15) is 18.4 Å². The summed E-state index contributed by atoms with van der Waals surface area (Å²) in [6.45, 7) is 4.21. The van der Waals surface area contributed by atoms with E-state index < -0.39 is 11.7 Å². The van der Waals surface area contributed by atoms with Crippen LogP contribution in [-0.2, 0) is 4.79 Å². The molecule has 7 nitrogen and oxygen atoms in total. The number of carbonyl (C=O) groups is 2. The molecule has 0 spiro atoms. The van der Waals surface area contributed by atoms with Crippen molar-refractivity contribution in [3.8, 4) is 0 Å². The van der Waals surface area contributed by atoms with E-state index in [-0.39, 0.29) is 29.0 Å². The molecule has 1 aliphatic heterocycles. The molecule has 1 aliphatic rings. The van der Waals surface area contributed by atoms with E-state index in [2.05, 4.69) is 27.2 Å². The Morgan fingerprint density at radius 1 is 1.19 bits per heavy atom. The Kier molecular flexibility index (Phi) is 5.57. The number of aromatic nitrogens is 2. The van der Waals surface area contributed by atoms with Crippen LogP contribution in [0.1, 0.15) is 16.8 Å². The van der Waals surface area contributed by atoms with Crippen LogP contribution in [0.25, 0.3) is 10.9 Å². The number of rotatable bonds is 5. The van der Waals surface area contributed by atoms with Crippen molar-refractivity contribution in [2.75, 3.05) is 23.7 Å². The number of amides is 2. The minimum Gasteiger partial charge on any atom is -0.350 e. The summed E-state index contributed by atoms with van der Waals surface area (Å²) in [5.74, 6) is -1.50. The highest BCUT2D eigenvalue weighted by molar-refractivity contribution is 6.00. The van der Waals surface area contributed by atoms with E-state index in [0.29, 0.717) is 36.4 Å². The first-order valence-electron chi connectivity index (χ1n) is 9.64. The molecule has 3 aromatic rings. The van der Waals surface area contributed by atoms with E-state index in [1.165, 1.54) is 24.3 Å². The maximum Gasteiger partial charge on any atom is 0.254 e. The summed E-state index contributed by atoms with van der Waals surface area (Å²) < 4.78 is 27.5. The van der Waals surface area contributed by atoms with Crippen molar-refractivity contribution in [3.63, 3.8) is 0 Å². The maximum atomic E-state index is 14.2. The second-order valence-electron chi connectivity index (χ2n) is 7.17. The van der Waals surface area contributed by atoms with Gasteiger partial charge in [0.25, 0.3) is 5.91 Å². The molecule has 2 N–H and O–H groups in total. The molecule has 2 aromatic carbocycles. The van der Waals surface area contributed by atoms with E-state index in [1.807, 2.05) is 0 Å². The SMILES string of the molecule is C=CC(=O)Nc1ccc(C(=O)N2CC[C@H](Nc3ncc4cc(F)ccc4n3)C2)cc1F. The number of hydrogen-bond donors (Lipinski definition) is 2. The summed E-state index contributed by atoms with van der Waals surface area (Å²) in [5.41, 5.74) is 0.790. The minimum atomic E-state index is -0.698. The zero-order valence-electron chi connectivity index (χ0n) is 16.4. The highest BCUT2D eigenvalue weighted by atomic mass is 19.1. The Bertz CT molecular complexity index is 1180. The molecule has 2 amide bonds. The number of nitrogens with zero attached hydrogens (tertiary/aromatic N) is 3. The van der Waals surface area contributed by atoms with Gasteiger partial charge in [0.15, 0.2) is 0 Å². The molecule has 0 radical (unpaired) electrons. The largest absolute Gasteiger partial charge is 0.350 e. The topological polar surface area (TPSA) is 87.2 Å². The van der Waals surface area contributed by atoms with Crippen LogP contribution in [0.5, 0.6) is 0 Å². The Labute approximate surface area is 176 Å². The molecule has 0 saturated carbocycles. The van der Waals surface area contributed by atoms with Gasteiger partial charge in [-0.3, -0.25) is 9.59 Å². The molecule has 31 heavy (non-hydrogen) atoms. The van der Waals surface area contributed by atoms with Gasteiger partial charge in [-0.15, -0.1) is 0 Å². The molecule has 1 fully saturated rings. The van der Waals surface area contributed by atoms with E-state index in [1.54, 1.807) is 17.2 Å². The van der Waals surface area contributed by atoms with E-state index in [0.717, 1.165) is 12.1 Å². The lowest BCUT2D eigenvalue weighted by Crippen LogP contribution is -2.32. The van der Waals surface area contributed by atoms with Crippen LogP contribution in [-0.4, -0.2) is 45.8 Å². The second kappa shape index (κ2) is 8.47. The van der Waals surface area contributed by atoms with Gasteiger partial charge in [0, 0.05) is 36.3 Å². The minimum absolute atomic E-state index is 0.0178. The number of anilines is 2. The number of benzene rings is 2. The Morgan fingerprint density at radius 2 is 2.03 bits per heavy atom. The Hall–Kier alpha value is -3.88. The van der Waals surface area contributed by atoms with Crippen LogP contribution < -0.4 is 10.6 Å². The van der Waals surface area contributed by atoms with Crippen molar-refractivity contribution in [3.05, 3.63) is 72.4 Å². The van der Waals surface area contributed by atoms with Crippen molar-refractivity contribution in [1.82, 2.24) is 14.9 Å². The number of carbonyl (C=O) groups excluding carboxylic acids is 2. The third kappa shape index (κ3) is 4.50. The Balaban J connectivity index is 1.41. The van der Waals surface area contributed by atoms with Crippen LogP contribution in [0.4, 0.5) is 20.4 Å². The molecule has 0 unspecified atom stereocenters. The highest BCUT2D eigenvalue weighted by Crippen LogP contribution is 2.21. The molecule has 158 valence electrons. The quantitative estimate of drug-likeness (QED) is 0.615. The summed E-state index contributed by atoms with van der Waals surface area (Å²) in [5, 5.41) is 6.14. The lowest BCUT2D eigenvalue weighted by atomic mass is 10.1. The van der Waals surface area contributed by atoms with Crippen LogP contribution in [0.3, 0.4) is 0 Å². The lowest BCUT2D eigenvalue weighted by Gasteiger charge is -2.18. The summed E-state index contributed by atoms with van der Waals surface area (Å²) >= 11 is 0. The molecule has 0 bridgehead atoms. The molecular weight excluding hydrogens is 404 g/mol. The first-order valence-corrected chi connectivity index (χ1v) is 9.64. The van der Waals surface area contributed by atoms with Crippen LogP contribution in [0.2, 0.25) is 0 Å². The average molecular weight is 423 g/mol. The van der Waals surface area contributed by atoms with Crippen LogP contribution in [0, 0.1) is 11.6 Å². The summed E-state index contributed by atoms with van der Waals surface area (Å²) in [4.78, 5) is 34.3. The molecule has 4 rings (SSSR count). The molecule has 1 atom stereocenters. The van der Waals surface area contributed by atoms with Crippen molar-refractivity contribution in [2.24, 2.45) is 0 Å². The van der Waals surface area contributed by atoms with Gasteiger partial charge in [-0.05, 0) is 48.9 Å². The van der Waals surface area contributed by atoms with Crippen LogP contribution in [0.15, 0.2) is 55.3 Å². The van der Waals surface area contributed by atoms with Gasteiger partial charge < -0.3 is 15.5 Å². The third-order valence-corrected chi connectivity index (χ3v) is 5.01. The maximum absolute atomic E-state index is 14.2. The summed E-state index contributed by atoms with van der Waals surface area (Å²) in [7, 11) is 0. The number of halogens is 2. The predicted octanol–water partition coefficient (Wildman–Crippen LogP) is 3.36. The Morgan fingerprint density at radius 3 is 2.81 bits per heavy atom. The predicted molar refractivity (Wildman–Crippen MR) is 113 cm³/mol.